The fraction of sp³-hybridized carbons (Fsp3) is 0.917. The van der Waals surface area contributed by atoms with Gasteiger partial charge in [-0.15, -0.1) is 0 Å². The Kier molecular flexibility index (Phi) is 5.29. The second kappa shape index (κ2) is 5.50. The predicted molar refractivity (Wildman–Crippen MR) is 64.5 cm³/mol. The zero-order valence-electron chi connectivity index (χ0n) is 10.8. The molecule has 0 aromatic carbocycles. The highest BCUT2D eigenvalue weighted by atomic mass is 16.2. The van der Waals surface area contributed by atoms with E-state index in [1.54, 1.807) is 0 Å². The standard InChI is InChI=1S/C12H26N2O/c1-6-11(3,4)9-14-10(15)12(5,7-2)8-13/h6-9,13H2,1-5H3,(H,14,15). The minimum atomic E-state index is -0.413. The lowest BCUT2D eigenvalue weighted by molar-refractivity contribution is -0.130. The van der Waals surface area contributed by atoms with Gasteiger partial charge in [0.05, 0.1) is 5.41 Å². The van der Waals surface area contributed by atoms with Crippen molar-refractivity contribution in [3.63, 3.8) is 0 Å². The Labute approximate surface area is 93.8 Å². The van der Waals surface area contributed by atoms with Gasteiger partial charge in [0.25, 0.3) is 0 Å². The molecule has 1 unspecified atom stereocenters. The number of rotatable bonds is 6. The van der Waals surface area contributed by atoms with Crippen LogP contribution in [0.25, 0.3) is 0 Å². The van der Waals surface area contributed by atoms with Crippen molar-refractivity contribution in [2.24, 2.45) is 16.6 Å². The molecule has 0 saturated heterocycles. The summed E-state index contributed by atoms with van der Waals surface area (Å²) in [6.45, 7) is 11.5. The van der Waals surface area contributed by atoms with Crippen LogP contribution in [0, 0.1) is 10.8 Å². The van der Waals surface area contributed by atoms with E-state index in [2.05, 4.69) is 26.1 Å². The number of hydrogen-bond acceptors (Lipinski definition) is 2. The number of carbonyl (C=O) groups excluding carboxylic acids is 1. The topological polar surface area (TPSA) is 55.1 Å². The number of nitrogens with two attached hydrogens (primary N) is 1. The third-order valence-corrected chi connectivity index (χ3v) is 3.46. The maximum atomic E-state index is 11.9. The van der Waals surface area contributed by atoms with Crippen LogP contribution in [0.3, 0.4) is 0 Å². The Hall–Kier alpha value is -0.570. The zero-order chi connectivity index (χ0) is 12.1. The predicted octanol–water partition coefficient (Wildman–Crippen LogP) is 1.91. The van der Waals surface area contributed by atoms with E-state index >= 15 is 0 Å². The van der Waals surface area contributed by atoms with Crippen LogP contribution in [-0.4, -0.2) is 19.0 Å². The van der Waals surface area contributed by atoms with Crippen LogP contribution in [0.2, 0.25) is 0 Å². The average molecular weight is 214 g/mol. The number of carbonyl (C=O) groups is 1. The van der Waals surface area contributed by atoms with E-state index in [9.17, 15) is 4.79 Å². The molecular formula is C12H26N2O. The Balaban J connectivity index is 4.26. The van der Waals surface area contributed by atoms with Crippen molar-refractivity contribution in [3.05, 3.63) is 0 Å². The molecule has 0 spiro atoms. The Morgan fingerprint density at radius 2 is 1.73 bits per heavy atom. The van der Waals surface area contributed by atoms with E-state index in [0.29, 0.717) is 6.54 Å². The van der Waals surface area contributed by atoms with Crippen LogP contribution in [-0.2, 0) is 4.79 Å². The van der Waals surface area contributed by atoms with E-state index in [-0.39, 0.29) is 11.3 Å². The molecule has 0 radical (unpaired) electrons. The molecule has 1 atom stereocenters. The molecule has 0 fully saturated rings. The second-order valence-electron chi connectivity index (χ2n) is 5.32. The fourth-order valence-electron chi connectivity index (χ4n) is 1.06. The largest absolute Gasteiger partial charge is 0.355 e. The smallest absolute Gasteiger partial charge is 0.227 e. The number of nitrogens with one attached hydrogen (secondary N) is 1. The first-order valence-corrected chi connectivity index (χ1v) is 5.79. The molecule has 90 valence electrons. The molecule has 0 aromatic heterocycles. The Bertz CT molecular complexity index is 208. The fourth-order valence-corrected chi connectivity index (χ4v) is 1.06. The van der Waals surface area contributed by atoms with Crippen molar-refractivity contribution in [3.8, 4) is 0 Å². The summed E-state index contributed by atoms with van der Waals surface area (Å²) in [6, 6.07) is 0. The normalized spacial score (nSPS) is 15.9. The summed E-state index contributed by atoms with van der Waals surface area (Å²) >= 11 is 0. The summed E-state index contributed by atoms with van der Waals surface area (Å²) in [5.41, 5.74) is 5.38. The first-order valence-electron chi connectivity index (χ1n) is 5.79. The molecule has 0 aromatic rings. The van der Waals surface area contributed by atoms with Gasteiger partial charge in [-0.05, 0) is 25.2 Å². The van der Waals surface area contributed by atoms with Crippen LogP contribution in [0.15, 0.2) is 0 Å². The number of hydrogen-bond donors (Lipinski definition) is 2. The summed E-state index contributed by atoms with van der Waals surface area (Å²) < 4.78 is 0. The van der Waals surface area contributed by atoms with Crippen LogP contribution in [0.4, 0.5) is 0 Å². The molecule has 0 rings (SSSR count). The average Bonchev–Trinajstić information content (AvgIpc) is 2.24. The summed E-state index contributed by atoms with van der Waals surface area (Å²) in [4.78, 5) is 11.9. The first kappa shape index (κ1) is 14.4. The molecule has 0 aliphatic carbocycles. The van der Waals surface area contributed by atoms with Crippen molar-refractivity contribution in [2.75, 3.05) is 13.1 Å². The SMILES string of the molecule is CCC(C)(C)CNC(=O)C(C)(CC)CN. The summed E-state index contributed by atoms with van der Waals surface area (Å²) in [6.07, 6.45) is 1.83. The van der Waals surface area contributed by atoms with Gasteiger partial charge in [0.15, 0.2) is 0 Å². The van der Waals surface area contributed by atoms with Gasteiger partial charge in [-0.3, -0.25) is 4.79 Å². The second-order valence-corrected chi connectivity index (χ2v) is 5.32. The molecule has 0 aliphatic rings. The Morgan fingerprint density at radius 3 is 2.07 bits per heavy atom. The maximum Gasteiger partial charge on any atom is 0.227 e. The summed E-state index contributed by atoms with van der Waals surface area (Å²) in [5, 5.41) is 3.00. The third-order valence-electron chi connectivity index (χ3n) is 3.46. The van der Waals surface area contributed by atoms with Gasteiger partial charge in [0.1, 0.15) is 0 Å². The lowest BCUT2D eigenvalue weighted by Gasteiger charge is -2.29. The zero-order valence-corrected chi connectivity index (χ0v) is 10.8. The van der Waals surface area contributed by atoms with Gasteiger partial charge in [-0.25, -0.2) is 0 Å². The molecule has 3 heteroatoms. The molecule has 0 aliphatic heterocycles. The molecule has 0 heterocycles. The highest BCUT2D eigenvalue weighted by Gasteiger charge is 2.30. The molecule has 0 bridgehead atoms. The van der Waals surface area contributed by atoms with Crippen LogP contribution < -0.4 is 11.1 Å². The minimum absolute atomic E-state index is 0.0778. The van der Waals surface area contributed by atoms with Crippen molar-refractivity contribution in [1.29, 1.82) is 0 Å². The van der Waals surface area contributed by atoms with Gasteiger partial charge < -0.3 is 11.1 Å². The van der Waals surface area contributed by atoms with Crippen molar-refractivity contribution in [2.45, 2.75) is 47.5 Å². The Morgan fingerprint density at radius 1 is 1.20 bits per heavy atom. The highest BCUT2D eigenvalue weighted by Crippen LogP contribution is 2.22. The quantitative estimate of drug-likeness (QED) is 0.709. The monoisotopic (exact) mass is 214 g/mol. The van der Waals surface area contributed by atoms with Crippen molar-refractivity contribution < 1.29 is 4.79 Å². The molecular weight excluding hydrogens is 188 g/mol. The maximum absolute atomic E-state index is 11.9. The van der Waals surface area contributed by atoms with Gasteiger partial charge in [0.2, 0.25) is 5.91 Å². The first-order chi connectivity index (χ1) is 6.81. The van der Waals surface area contributed by atoms with Gasteiger partial charge in [-0.1, -0.05) is 27.7 Å². The molecule has 3 nitrogen and oxygen atoms in total. The lowest BCUT2D eigenvalue weighted by atomic mass is 9.85. The molecule has 15 heavy (non-hydrogen) atoms. The van der Waals surface area contributed by atoms with Crippen LogP contribution in [0.5, 0.6) is 0 Å². The van der Waals surface area contributed by atoms with E-state index < -0.39 is 5.41 Å². The van der Waals surface area contributed by atoms with Gasteiger partial charge in [0, 0.05) is 13.1 Å². The lowest BCUT2D eigenvalue weighted by Crippen LogP contribution is -2.46. The highest BCUT2D eigenvalue weighted by molar-refractivity contribution is 5.82. The van der Waals surface area contributed by atoms with E-state index in [4.69, 9.17) is 5.73 Å². The van der Waals surface area contributed by atoms with Crippen molar-refractivity contribution >= 4 is 5.91 Å². The van der Waals surface area contributed by atoms with E-state index in [0.717, 1.165) is 19.4 Å². The van der Waals surface area contributed by atoms with Crippen molar-refractivity contribution in [1.82, 2.24) is 5.32 Å². The van der Waals surface area contributed by atoms with Gasteiger partial charge in [-0.2, -0.15) is 0 Å². The van der Waals surface area contributed by atoms with E-state index in [1.165, 1.54) is 0 Å². The molecule has 3 N–H and O–H groups in total. The third kappa shape index (κ3) is 4.20. The molecule has 0 saturated carbocycles. The summed E-state index contributed by atoms with van der Waals surface area (Å²) in [7, 11) is 0. The van der Waals surface area contributed by atoms with Crippen LogP contribution in [0.1, 0.15) is 47.5 Å². The molecule has 1 amide bonds. The number of amides is 1. The summed E-state index contributed by atoms with van der Waals surface area (Å²) in [5.74, 6) is 0.0778. The van der Waals surface area contributed by atoms with Gasteiger partial charge >= 0.3 is 0 Å². The minimum Gasteiger partial charge on any atom is -0.355 e. The van der Waals surface area contributed by atoms with Crippen LogP contribution >= 0.6 is 0 Å². The van der Waals surface area contributed by atoms with E-state index in [1.807, 2.05) is 13.8 Å².